The normalized spacial score (nSPS) is 16.5. The molecule has 1 atom stereocenters. The fourth-order valence-electron chi connectivity index (χ4n) is 2.82. The smallest absolute Gasteiger partial charge is 0.338 e. The fourth-order valence-corrected chi connectivity index (χ4v) is 2.82. The fraction of sp³-hybridized carbons (Fsp3) is 0.471. The highest BCUT2D eigenvalue weighted by Gasteiger charge is 2.27. The largest absolute Gasteiger partial charge is 0.449 e. The molecule has 8 nitrogen and oxygen atoms in total. The first-order valence-corrected chi connectivity index (χ1v) is 8.38. The number of benzene rings is 1. The van der Waals surface area contributed by atoms with Crippen LogP contribution in [0.4, 0.5) is 0 Å². The van der Waals surface area contributed by atoms with Crippen LogP contribution in [0.1, 0.15) is 37.0 Å². The summed E-state index contributed by atoms with van der Waals surface area (Å²) < 4.78 is 6.80. The van der Waals surface area contributed by atoms with Crippen LogP contribution in [0.5, 0.6) is 0 Å². The van der Waals surface area contributed by atoms with Gasteiger partial charge in [0.05, 0.1) is 11.3 Å². The molecule has 3 rings (SSSR count). The lowest BCUT2D eigenvalue weighted by molar-refractivity contribution is -0.141. The van der Waals surface area contributed by atoms with E-state index >= 15 is 0 Å². The molecule has 1 aromatic carbocycles. The van der Waals surface area contributed by atoms with E-state index in [1.165, 1.54) is 11.0 Å². The molecule has 1 unspecified atom stereocenters. The van der Waals surface area contributed by atoms with Crippen molar-refractivity contribution in [3.8, 4) is 5.69 Å². The number of esters is 1. The Labute approximate surface area is 145 Å². The third kappa shape index (κ3) is 4.01. The first kappa shape index (κ1) is 17.1. The molecule has 0 bridgehead atoms. The maximum absolute atomic E-state index is 12.4. The van der Waals surface area contributed by atoms with E-state index in [9.17, 15) is 9.59 Å². The zero-order valence-corrected chi connectivity index (χ0v) is 14.3. The number of ether oxygens (including phenoxy) is 1. The highest BCUT2D eigenvalue weighted by molar-refractivity contribution is 5.92. The second-order valence-corrected chi connectivity index (χ2v) is 6.36. The van der Waals surface area contributed by atoms with Crippen LogP contribution in [0.3, 0.4) is 0 Å². The van der Waals surface area contributed by atoms with Crippen LogP contribution in [0, 0.1) is 5.92 Å². The molecule has 1 aliphatic heterocycles. The summed E-state index contributed by atoms with van der Waals surface area (Å²) in [7, 11) is 0. The van der Waals surface area contributed by atoms with Crippen LogP contribution in [0.25, 0.3) is 5.69 Å². The topological polar surface area (TPSA) is 90.2 Å². The molecule has 1 fully saturated rings. The highest BCUT2D eigenvalue weighted by Crippen LogP contribution is 2.18. The Balaban J connectivity index is 1.63. The molecule has 2 aromatic rings. The van der Waals surface area contributed by atoms with Gasteiger partial charge in [0.25, 0.3) is 5.91 Å². The second kappa shape index (κ2) is 7.42. The van der Waals surface area contributed by atoms with Crippen molar-refractivity contribution in [1.82, 2.24) is 25.1 Å². The predicted molar refractivity (Wildman–Crippen MR) is 89.0 cm³/mol. The molecule has 0 aliphatic carbocycles. The Morgan fingerprint density at radius 3 is 2.72 bits per heavy atom. The molecule has 2 heterocycles. The molecule has 1 aromatic heterocycles. The lowest BCUT2D eigenvalue weighted by Crippen LogP contribution is -2.44. The molecule has 0 N–H and O–H groups in total. The van der Waals surface area contributed by atoms with Crippen LogP contribution in [-0.4, -0.2) is 56.2 Å². The summed E-state index contributed by atoms with van der Waals surface area (Å²) in [5.41, 5.74) is 0.989. The summed E-state index contributed by atoms with van der Waals surface area (Å²) in [5.74, 6) is -0.0473. The Kier molecular flexibility index (Phi) is 5.06. The van der Waals surface area contributed by atoms with Gasteiger partial charge in [0.15, 0.2) is 6.10 Å². The van der Waals surface area contributed by atoms with E-state index in [0.717, 1.165) is 25.9 Å². The summed E-state index contributed by atoms with van der Waals surface area (Å²) in [6.07, 6.45) is 2.60. The van der Waals surface area contributed by atoms with Gasteiger partial charge in [-0.2, -0.15) is 0 Å². The van der Waals surface area contributed by atoms with Crippen molar-refractivity contribution in [2.75, 3.05) is 13.1 Å². The van der Waals surface area contributed by atoms with Crippen molar-refractivity contribution in [2.24, 2.45) is 5.92 Å². The number of amides is 1. The first-order chi connectivity index (χ1) is 12.0. The van der Waals surface area contributed by atoms with Gasteiger partial charge in [0.1, 0.15) is 6.33 Å². The van der Waals surface area contributed by atoms with Gasteiger partial charge in [-0.05, 0) is 54.3 Å². The number of hydrogen-bond donors (Lipinski definition) is 0. The van der Waals surface area contributed by atoms with Gasteiger partial charge in [0.2, 0.25) is 0 Å². The zero-order valence-electron chi connectivity index (χ0n) is 14.3. The summed E-state index contributed by atoms with van der Waals surface area (Å²) in [6, 6.07) is 6.75. The van der Waals surface area contributed by atoms with Gasteiger partial charge in [-0.1, -0.05) is 13.0 Å². The number of rotatable bonds is 4. The van der Waals surface area contributed by atoms with Crippen LogP contribution in [0.2, 0.25) is 0 Å². The molecule has 0 radical (unpaired) electrons. The van der Waals surface area contributed by atoms with Crippen molar-refractivity contribution in [2.45, 2.75) is 32.8 Å². The van der Waals surface area contributed by atoms with Crippen molar-refractivity contribution in [1.29, 1.82) is 0 Å². The van der Waals surface area contributed by atoms with E-state index in [-0.39, 0.29) is 5.91 Å². The third-order valence-corrected chi connectivity index (χ3v) is 4.42. The molecule has 25 heavy (non-hydrogen) atoms. The van der Waals surface area contributed by atoms with Gasteiger partial charge in [-0.15, -0.1) is 5.10 Å². The SMILES string of the molecule is CC1CCN(C(=O)C(C)OC(=O)c2cccc(-n3cnnn3)c2)CC1. The summed E-state index contributed by atoms with van der Waals surface area (Å²) in [6.45, 7) is 5.24. The molecule has 132 valence electrons. The van der Waals surface area contributed by atoms with Gasteiger partial charge in [-0.3, -0.25) is 4.79 Å². The predicted octanol–water partition coefficient (Wildman–Crippen LogP) is 1.47. The zero-order chi connectivity index (χ0) is 17.8. The molecular formula is C17H21N5O3. The standard InChI is InChI=1S/C17H21N5O3/c1-12-6-8-21(9-7-12)16(23)13(2)25-17(24)14-4-3-5-15(10-14)22-11-18-19-20-22/h3-5,10-13H,6-9H2,1-2H3. The Morgan fingerprint density at radius 1 is 1.28 bits per heavy atom. The minimum Gasteiger partial charge on any atom is -0.449 e. The van der Waals surface area contributed by atoms with Crippen molar-refractivity contribution < 1.29 is 14.3 Å². The molecular weight excluding hydrogens is 322 g/mol. The first-order valence-electron chi connectivity index (χ1n) is 8.38. The van der Waals surface area contributed by atoms with E-state index in [1.54, 1.807) is 36.1 Å². The number of hydrogen-bond acceptors (Lipinski definition) is 6. The molecule has 1 amide bonds. The highest BCUT2D eigenvalue weighted by atomic mass is 16.5. The Bertz CT molecular complexity index is 739. The molecule has 1 aliphatic rings. The summed E-state index contributed by atoms with van der Waals surface area (Å²) >= 11 is 0. The van der Waals surface area contributed by atoms with Crippen LogP contribution in [-0.2, 0) is 9.53 Å². The minimum absolute atomic E-state index is 0.142. The monoisotopic (exact) mass is 343 g/mol. The summed E-state index contributed by atoms with van der Waals surface area (Å²) in [5, 5.41) is 10.9. The van der Waals surface area contributed by atoms with E-state index in [4.69, 9.17) is 4.74 Å². The van der Waals surface area contributed by atoms with Crippen molar-refractivity contribution >= 4 is 11.9 Å². The molecule has 1 saturated heterocycles. The number of aromatic nitrogens is 4. The Hall–Kier alpha value is -2.77. The summed E-state index contributed by atoms with van der Waals surface area (Å²) in [4.78, 5) is 26.6. The number of likely N-dealkylation sites (tertiary alicyclic amines) is 1. The Morgan fingerprint density at radius 2 is 2.04 bits per heavy atom. The van der Waals surface area contributed by atoms with E-state index < -0.39 is 12.1 Å². The van der Waals surface area contributed by atoms with E-state index in [2.05, 4.69) is 22.4 Å². The minimum atomic E-state index is -0.808. The molecule has 8 heteroatoms. The number of tetrazole rings is 1. The lowest BCUT2D eigenvalue weighted by atomic mass is 9.99. The average Bonchev–Trinajstić information content (AvgIpc) is 3.16. The average molecular weight is 343 g/mol. The van der Waals surface area contributed by atoms with Crippen LogP contribution in [0.15, 0.2) is 30.6 Å². The van der Waals surface area contributed by atoms with Gasteiger partial charge >= 0.3 is 5.97 Å². The van der Waals surface area contributed by atoms with Gasteiger partial charge in [-0.25, -0.2) is 9.48 Å². The maximum Gasteiger partial charge on any atom is 0.338 e. The number of piperidine rings is 1. The maximum atomic E-state index is 12.4. The van der Waals surface area contributed by atoms with Crippen molar-refractivity contribution in [3.05, 3.63) is 36.2 Å². The van der Waals surface area contributed by atoms with E-state index in [0.29, 0.717) is 17.2 Å². The number of nitrogens with zero attached hydrogens (tertiary/aromatic N) is 5. The van der Waals surface area contributed by atoms with E-state index in [1.807, 2.05) is 0 Å². The van der Waals surface area contributed by atoms with Crippen LogP contribution < -0.4 is 0 Å². The van der Waals surface area contributed by atoms with Crippen molar-refractivity contribution in [3.63, 3.8) is 0 Å². The second-order valence-electron chi connectivity index (χ2n) is 6.36. The quantitative estimate of drug-likeness (QED) is 0.781. The molecule has 0 spiro atoms. The lowest BCUT2D eigenvalue weighted by Gasteiger charge is -2.31. The van der Waals surface area contributed by atoms with Gasteiger partial charge in [0, 0.05) is 13.1 Å². The van der Waals surface area contributed by atoms with Gasteiger partial charge < -0.3 is 9.64 Å². The van der Waals surface area contributed by atoms with Crippen LogP contribution >= 0.6 is 0 Å². The number of carbonyl (C=O) groups is 2. The molecule has 0 saturated carbocycles. The number of carbonyl (C=O) groups excluding carboxylic acids is 2. The third-order valence-electron chi connectivity index (χ3n) is 4.42.